The Kier molecular flexibility index (Phi) is 3.43. The Bertz CT molecular complexity index is 946. The molecule has 5 rings (SSSR count). The third kappa shape index (κ3) is 2.44. The van der Waals surface area contributed by atoms with Crippen LogP contribution in [0.3, 0.4) is 0 Å². The van der Waals surface area contributed by atoms with Crippen LogP contribution in [0.4, 0.5) is 5.13 Å². The molecule has 1 aliphatic heterocycles. The van der Waals surface area contributed by atoms with Crippen LogP contribution < -0.4 is 5.32 Å². The van der Waals surface area contributed by atoms with Crippen molar-refractivity contribution in [2.24, 2.45) is 0 Å². The molecule has 2 heterocycles. The molecule has 3 amide bonds. The first-order chi connectivity index (χ1) is 12.6. The lowest BCUT2D eigenvalue weighted by atomic mass is 9.86. The maximum Gasteiger partial charge on any atom is 0.261 e. The molecular weight excluding hydrogens is 352 g/mol. The monoisotopic (exact) mass is 368 g/mol. The van der Waals surface area contributed by atoms with Gasteiger partial charge in [-0.1, -0.05) is 17.8 Å². The molecule has 2 aliphatic carbocycles. The molecule has 7 nitrogen and oxygen atoms in total. The summed E-state index contributed by atoms with van der Waals surface area (Å²) in [6.45, 7) is 0. The van der Waals surface area contributed by atoms with Gasteiger partial charge < -0.3 is 0 Å². The maximum atomic E-state index is 12.5. The minimum atomic E-state index is -0.353. The molecule has 2 saturated carbocycles. The van der Waals surface area contributed by atoms with E-state index in [4.69, 9.17) is 0 Å². The molecule has 3 aliphatic rings. The number of amides is 3. The molecule has 132 valence electrons. The van der Waals surface area contributed by atoms with Gasteiger partial charge in [0, 0.05) is 17.5 Å². The van der Waals surface area contributed by atoms with Crippen molar-refractivity contribution in [3.63, 3.8) is 0 Å². The second-order valence-electron chi connectivity index (χ2n) is 7.00. The highest BCUT2D eigenvalue weighted by Crippen LogP contribution is 2.38. The molecular formula is C18H16N4O3S. The summed E-state index contributed by atoms with van der Waals surface area (Å²) in [6.07, 6.45) is 5.19. The van der Waals surface area contributed by atoms with Crippen LogP contribution in [0.25, 0.3) is 0 Å². The Labute approximate surface area is 153 Å². The number of nitrogens with zero attached hydrogens (tertiary/aromatic N) is 3. The SMILES string of the molecule is O=C(Nc1nnc(C2CCC2)s1)c1ccc2c(c1)C(=O)N(C1CC1)C2=O. The number of imide groups is 1. The standard InChI is InChI=1S/C18H16N4O3S/c23-14(19-18-21-20-15(26-18)9-2-1-3-9)10-4-7-12-13(8-10)17(25)22(16(12)24)11-5-6-11/h4,7-9,11H,1-3,5-6H2,(H,19,21,23). The van der Waals surface area contributed by atoms with E-state index in [0.717, 1.165) is 30.7 Å². The zero-order valence-corrected chi connectivity index (χ0v) is 14.7. The second-order valence-corrected chi connectivity index (χ2v) is 8.01. The molecule has 0 saturated heterocycles. The number of hydrogen-bond acceptors (Lipinski definition) is 6. The summed E-state index contributed by atoms with van der Waals surface area (Å²) in [6, 6.07) is 4.66. The predicted octanol–water partition coefficient (Wildman–Crippen LogP) is 2.82. The van der Waals surface area contributed by atoms with Gasteiger partial charge in [-0.25, -0.2) is 0 Å². The van der Waals surface area contributed by atoms with Crippen molar-refractivity contribution in [1.82, 2.24) is 15.1 Å². The maximum absolute atomic E-state index is 12.5. The lowest BCUT2D eigenvalue weighted by Crippen LogP contribution is -2.31. The minimum absolute atomic E-state index is 0.0194. The lowest BCUT2D eigenvalue weighted by Gasteiger charge is -2.21. The van der Waals surface area contributed by atoms with E-state index in [-0.39, 0.29) is 23.8 Å². The molecule has 1 aromatic heterocycles. The van der Waals surface area contributed by atoms with Gasteiger partial charge in [0.15, 0.2) is 0 Å². The number of anilines is 1. The molecule has 2 aromatic rings. The summed E-state index contributed by atoms with van der Waals surface area (Å²) in [4.78, 5) is 38.7. The first-order valence-electron chi connectivity index (χ1n) is 8.78. The minimum Gasteiger partial charge on any atom is -0.296 e. The number of carbonyl (C=O) groups is 3. The number of nitrogens with one attached hydrogen (secondary N) is 1. The van der Waals surface area contributed by atoms with Gasteiger partial charge in [-0.15, -0.1) is 10.2 Å². The first kappa shape index (κ1) is 15.6. The fourth-order valence-corrected chi connectivity index (χ4v) is 4.25. The summed E-state index contributed by atoms with van der Waals surface area (Å²) < 4.78 is 0. The van der Waals surface area contributed by atoms with Crippen LogP contribution in [0.2, 0.25) is 0 Å². The zero-order chi connectivity index (χ0) is 17.8. The summed E-state index contributed by atoms with van der Waals surface area (Å²) in [5, 5.41) is 12.3. The van der Waals surface area contributed by atoms with Crippen molar-refractivity contribution >= 4 is 34.2 Å². The van der Waals surface area contributed by atoms with Crippen LogP contribution in [-0.2, 0) is 0 Å². The van der Waals surface area contributed by atoms with Crippen LogP contribution in [0.15, 0.2) is 18.2 Å². The summed E-state index contributed by atoms with van der Waals surface area (Å²) in [7, 11) is 0. The third-order valence-corrected chi connectivity index (χ3v) is 6.21. The van der Waals surface area contributed by atoms with Crippen LogP contribution in [0.5, 0.6) is 0 Å². The summed E-state index contributed by atoms with van der Waals surface area (Å²) in [5.74, 6) is -0.441. The van der Waals surface area contributed by atoms with Crippen molar-refractivity contribution in [3.8, 4) is 0 Å². The molecule has 1 aromatic carbocycles. The fraction of sp³-hybridized carbons (Fsp3) is 0.389. The Balaban J connectivity index is 1.36. The summed E-state index contributed by atoms with van der Waals surface area (Å²) in [5.41, 5.74) is 1.02. The van der Waals surface area contributed by atoms with Crippen molar-refractivity contribution in [1.29, 1.82) is 0 Å². The Hall–Kier alpha value is -2.61. The van der Waals surface area contributed by atoms with Gasteiger partial charge >= 0.3 is 0 Å². The normalized spacial score (nSPS) is 19.5. The van der Waals surface area contributed by atoms with Crippen molar-refractivity contribution in [2.45, 2.75) is 44.1 Å². The topological polar surface area (TPSA) is 92.3 Å². The van der Waals surface area contributed by atoms with E-state index in [1.165, 1.54) is 28.7 Å². The van der Waals surface area contributed by atoms with E-state index < -0.39 is 0 Å². The molecule has 0 radical (unpaired) electrons. The number of rotatable bonds is 4. The van der Waals surface area contributed by atoms with E-state index in [1.807, 2.05) is 0 Å². The van der Waals surface area contributed by atoms with Gasteiger partial charge in [-0.05, 0) is 43.9 Å². The third-order valence-electron chi connectivity index (χ3n) is 5.21. The van der Waals surface area contributed by atoms with Crippen LogP contribution >= 0.6 is 11.3 Å². The van der Waals surface area contributed by atoms with Gasteiger partial charge in [-0.2, -0.15) is 0 Å². The van der Waals surface area contributed by atoms with Crippen LogP contribution in [0.1, 0.15) is 74.1 Å². The van der Waals surface area contributed by atoms with Crippen molar-refractivity contribution in [2.75, 3.05) is 5.32 Å². The van der Waals surface area contributed by atoms with E-state index >= 15 is 0 Å². The lowest BCUT2D eigenvalue weighted by molar-refractivity contribution is 0.0642. The molecule has 2 fully saturated rings. The number of carbonyl (C=O) groups excluding carboxylic acids is 3. The summed E-state index contributed by atoms with van der Waals surface area (Å²) >= 11 is 1.40. The fourth-order valence-electron chi connectivity index (χ4n) is 3.34. The molecule has 8 heteroatoms. The molecule has 0 unspecified atom stereocenters. The predicted molar refractivity (Wildman–Crippen MR) is 94.4 cm³/mol. The highest BCUT2D eigenvalue weighted by molar-refractivity contribution is 7.15. The van der Waals surface area contributed by atoms with E-state index in [9.17, 15) is 14.4 Å². The van der Waals surface area contributed by atoms with Crippen LogP contribution in [0, 0.1) is 0 Å². The second kappa shape index (κ2) is 5.70. The molecule has 1 N–H and O–H groups in total. The Morgan fingerprint density at radius 1 is 1.08 bits per heavy atom. The van der Waals surface area contributed by atoms with Crippen molar-refractivity contribution in [3.05, 3.63) is 39.9 Å². The largest absolute Gasteiger partial charge is 0.296 e. The molecule has 0 spiro atoms. The average Bonchev–Trinajstić information content (AvgIpc) is 3.26. The molecule has 0 atom stereocenters. The smallest absolute Gasteiger partial charge is 0.261 e. The van der Waals surface area contributed by atoms with Gasteiger partial charge in [-0.3, -0.25) is 24.6 Å². The number of fused-ring (bicyclic) bond motifs is 1. The number of aromatic nitrogens is 2. The van der Waals surface area contributed by atoms with Crippen molar-refractivity contribution < 1.29 is 14.4 Å². The quantitative estimate of drug-likeness (QED) is 0.838. The van der Waals surface area contributed by atoms with Gasteiger partial charge in [0.1, 0.15) is 5.01 Å². The van der Waals surface area contributed by atoms with Gasteiger partial charge in [0.25, 0.3) is 17.7 Å². The Morgan fingerprint density at radius 2 is 1.85 bits per heavy atom. The number of hydrogen-bond donors (Lipinski definition) is 1. The highest BCUT2D eigenvalue weighted by atomic mass is 32.1. The highest BCUT2D eigenvalue weighted by Gasteiger charge is 2.44. The first-order valence-corrected chi connectivity index (χ1v) is 9.60. The molecule has 26 heavy (non-hydrogen) atoms. The zero-order valence-electron chi connectivity index (χ0n) is 13.9. The Morgan fingerprint density at radius 3 is 2.54 bits per heavy atom. The van der Waals surface area contributed by atoms with E-state index in [2.05, 4.69) is 15.5 Å². The molecule has 0 bridgehead atoms. The van der Waals surface area contributed by atoms with E-state index in [0.29, 0.717) is 27.7 Å². The van der Waals surface area contributed by atoms with Gasteiger partial charge in [0.05, 0.1) is 11.1 Å². The van der Waals surface area contributed by atoms with Crippen LogP contribution in [-0.4, -0.2) is 38.9 Å². The number of benzene rings is 1. The van der Waals surface area contributed by atoms with E-state index in [1.54, 1.807) is 12.1 Å². The average molecular weight is 368 g/mol. The van der Waals surface area contributed by atoms with Gasteiger partial charge in [0.2, 0.25) is 5.13 Å².